The number of rotatable bonds is 7. The van der Waals surface area contributed by atoms with E-state index in [1.807, 2.05) is 0 Å². The molecule has 1 aliphatic heterocycles. The molecule has 138 valence electrons. The predicted octanol–water partition coefficient (Wildman–Crippen LogP) is 0.221. The van der Waals surface area contributed by atoms with Crippen LogP contribution in [0.3, 0.4) is 0 Å². The molecule has 0 saturated carbocycles. The van der Waals surface area contributed by atoms with Crippen molar-refractivity contribution in [2.24, 2.45) is 0 Å². The molecule has 0 saturated heterocycles. The lowest BCUT2D eigenvalue weighted by atomic mass is 10.1. The van der Waals surface area contributed by atoms with Crippen molar-refractivity contribution in [1.29, 1.82) is 0 Å². The molecule has 1 aromatic carbocycles. The minimum Gasteiger partial charge on any atom is -0.495 e. The fourth-order valence-electron chi connectivity index (χ4n) is 2.44. The third-order valence-electron chi connectivity index (χ3n) is 3.71. The number of ether oxygens (including phenoxy) is 3. The first-order valence-electron chi connectivity index (χ1n) is 7.58. The van der Waals surface area contributed by atoms with Crippen LogP contribution in [0.5, 0.6) is 5.75 Å². The van der Waals surface area contributed by atoms with Crippen LogP contribution in [0.25, 0.3) is 0 Å². The average molecular weight is 371 g/mol. The second-order valence-corrected chi connectivity index (χ2v) is 7.04. The predicted molar refractivity (Wildman–Crippen MR) is 88.6 cm³/mol. The number of methoxy groups -OCH3 is 2. The lowest BCUT2D eigenvalue weighted by Gasteiger charge is -2.31. The molecule has 0 spiro atoms. The topological polar surface area (TPSA) is 111 Å². The standard InChI is InChI=1S/C16H21NO7S/c1-22-13-5-3-4-6-15(13)25(20,21)17-12-8-7-11(9-16(19)23-2)24-14(12)10-18/h3-8,11-12,14,17-18H,9-10H2,1-2H3/t11-,12+,14+/m0/s1. The van der Waals surface area contributed by atoms with Crippen LogP contribution in [0.15, 0.2) is 41.3 Å². The van der Waals surface area contributed by atoms with Crippen molar-refractivity contribution in [2.45, 2.75) is 29.6 Å². The molecule has 25 heavy (non-hydrogen) atoms. The van der Waals surface area contributed by atoms with Crippen molar-refractivity contribution >= 4 is 16.0 Å². The van der Waals surface area contributed by atoms with E-state index in [-0.39, 0.29) is 17.1 Å². The molecule has 3 atom stereocenters. The van der Waals surface area contributed by atoms with Crippen LogP contribution >= 0.6 is 0 Å². The quantitative estimate of drug-likeness (QED) is 0.521. The summed E-state index contributed by atoms with van der Waals surface area (Å²) in [6, 6.07) is 5.42. The number of nitrogens with one attached hydrogen (secondary N) is 1. The lowest BCUT2D eigenvalue weighted by Crippen LogP contribution is -2.48. The number of carbonyl (C=O) groups is 1. The Labute approximate surface area is 146 Å². The van der Waals surface area contributed by atoms with E-state index in [1.54, 1.807) is 24.3 Å². The van der Waals surface area contributed by atoms with Gasteiger partial charge in [-0.05, 0) is 12.1 Å². The second-order valence-electron chi connectivity index (χ2n) is 5.36. The molecule has 1 heterocycles. The fraction of sp³-hybridized carbons (Fsp3) is 0.438. The van der Waals surface area contributed by atoms with Crippen LogP contribution in [-0.4, -0.2) is 58.6 Å². The maximum atomic E-state index is 12.6. The highest BCUT2D eigenvalue weighted by Crippen LogP contribution is 2.24. The van der Waals surface area contributed by atoms with E-state index in [0.717, 1.165) is 0 Å². The molecule has 0 fully saturated rings. The van der Waals surface area contributed by atoms with E-state index in [2.05, 4.69) is 9.46 Å². The Bertz CT molecular complexity index is 732. The number of aliphatic hydroxyl groups excluding tert-OH is 1. The number of esters is 1. The molecule has 0 radical (unpaired) electrons. The van der Waals surface area contributed by atoms with Gasteiger partial charge < -0.3 is 19.3 Å². The zero-order chi connectivity index (χ0) is 18.4. The zero-order valence-electron chi connectivity index (χ0n) is 13.9. The summed E-state index contributed by atoms with van der Waals surface area (Å²) in [7, 11) is -1.25. The molecule has 0 unspecified atom stereocenters. The van der Waals surface area contributed by atoms with Gasteiger partial charge in [0.2, 0.25) is 10.0 Å². The Morgan fingerprint density at radius 1 is 1.28 bits per heavy atom. The van der Waals surface area contributed by atoms with E-state index >= 15 is 0 Å². The highest BCUT2D eigenvalue weighted by Gasteiger charge is 2.32. The zero-order valence-corrected chi connectivity index (χ0v) is 14.7. The third kappa shape index (κ3) is 4.79. The van der Waals surface area contributed by atoms with Crippen molar-refractivity contribution in [3.63, 3.8) is 0 Å². The van der Waals surface area contributed by atoms with Gasteiger partial charge in [-0.1, -0.05) is 24.3 Å². The van der Waals surface area contributed by atoms with Gasteiger partial charge in [0, 0.05) is 0 Å². The summed E-state index contributed by atoms with van der Waals surface area (Å²) in [6.45, 7) is -0.416. The van der Waals surface area contributed by atoms with Crippen molar-refractivity contribution in [3.05, 3.63) is 36.4 Å². The molecule has 2 N–H and O–H groups in total. The van der Waals surface area contributed by atoms with E-state index < -0.39 is 40.8 Å². The summed E-state index contributed by atoms with van der Waals surface area (Å²) in [5.41, 5.74) is 0. The van der Waals surface area contributed by atoms with Crippen LogP contribution in [0.4, 0.5) is 0 Å². The van der Waals surface area contributed by atoms with Crippen LogP contribution < -0.4 is 9.46 Å². The average Bonchev–Trinajstić information content (AvgIpc) is 2.62. The van der Waals surface area contributed by atoms with Gasteiger partial charge in [-0.3, -0.25) is 4.79 Å². The molecular weight excluding hydrogens is 350 g/mol. The number of hydrogen-bond acceptors (Lipinski definition) is 7. The van der Waals surface area contributed by atoms with Gasteiger partial charge >= 0.3 is 5.97 Å². The van der Waals surface area contributed by atoms with Crippen LogP contribution in [-0.2, 0) is 24.3 Å². The third-order valence-corrected chi connectivity index (χ3v) is 5.21. The molecule has 0 aromatic heterocycles. The van der Waals surface area contributed by atoms with Crippen LogP contribution in [0.2, 0.25) is 0 Å². The maximum Gasteiger partial charge on any atom is 0.308 e. The molecule has 1 aliphatic rings. The highest BCUT2D eigenvalue weighted by atomic mass is 32.2. The number of carbonyl (C=O) groups excluding carboxylic acids is 1. The summed E-state index contributed by atoms with van der Waals surface area (Å²) < 4.78 is 42.9. The Hall–Kier alpha value is -1.94. The Morgan fingerprint density at radius 2 is 2.00 bits per heavy atom. The van der Waals surface area contributed by atoms with Crippen molar-refractivity contribution in [1.82, 2.24) is 4.72 Å². The second kappa shape index (κ2) is 8.43. The van der Waals surface area contributed by atoms with Crippen molar-refractivity contribution in [2.75, 3.05) is 20.8 Å². The smallest absolute Gasteiger partial charge is 0.308 e. The number of benzene rings is 1. The van der Waals surface area contributed by atoms with E-state index in [4.69, 9.17) is 9.47 Å². The molecule has 9 heteroatoms. The molecular formula is C16H21NO7S. The molecule has 2 rings (SSSR count). The number of para-hydroxylation sites is 1. The normalized spacial score (nSPS) is 23.2. The summed E-state index contributed by atoms with van der Waals surface area (Å²) in [5.74, 6) is -0.251. The van der Waals surface area contributed by atoms with Gasteiger partial charge in [-0.25, -0.2) is 13.1 Å². The van der Waals surface area contributed by atoms with Crippen LogP contribution in [0.1, 0.15) is 6.42 Å². The summed E-state index contributed by atoms with van der Waals surface area (Å²) in [5, 5.41) is 9.50. The summed E-state index contributed by atoms with van der Waals surface area (Å²) >= 11 is 0. The largest absolute Gasteiger partial charge is 0.495 e. The number of hydrogen-bond donors (Lipinski definition) is 2. The molecule has 0 bridgehead atoms. The maximum absolute atomic E-state index is 12.6. The number of aliphatic hydroxyl groups is 1. The molecule has 8 nitrogen and oxygen atoms in total. The highest BCUT2D eigenvalue weighted by molar-refractivity contribution is 7.89. The van der Waals surface area contributed by atoms with Gasteiger partial charge in [0.1, 0.15) is 16.7 Å². The Morgan fingerprint density at radius 3 is 2.64 bits per heavy atom. The van der Waals surface area contributed by atoms with Crippen LogP contribution in [0, 0.1) is 0 Å². The van der Waals surface area contributed by atoms with E-state index in [1.165, 1.54) is 26.4 Å². The monoisotopic (exact) mass is 371 g/mol. The van der Waals surface area contributed by atoms with E-state index in [0.29, 0.717) is 0 Å². The molecule has 1 aromatic rings. The first-order valence-corrected chi connectivity index (χ1v) is 9.06. The minimum atomic E-state index is -3.90. The summed E-state index contributed by atoms with van der Waals surface area (Å²) in [6.07, 6.45) is 1.69. The van der Waals surface area contributed by atoms with Gasteiger partial charge in [-0.15, -0.1) is 0 Å². The first-order chi connectivity index (χ1) is 11.9. The van der Waals surface area contributed by atoms with Gasteiger partial charge in [0.25, 0.3) is 0 Å². The van der Waals surface area contributed by atoms with E-state index in [9.17, 15) is 18.3 Å². The van der Waals surface area contributed by atoms with Crippen molar-refractivity contribution < 1.29 is 32.5 Å². The lowest BCUT2D eigenvalue weighted by molar-refractivity contribution is -0.144. The first kappa shape index (κ1) is 19.4. The molecule has 0 aliphatic carbocycles. The minimum absolute atomic E-state index is 0.0146. The Kier molecular flexibility index (Phi) is 6.54. The van der Waals surface area contributed by atoms with Gasteiger partial charge in [0.05, 0.1) is 39.4 Å². The SMILES string of the molecule is COC(=O)C[C@@H]1C=C[C@@H](NS(=O)(=O)c2ccccc2OC)[C@@H](CO)O1. The van der Waals surface area contributed by atoms with Crippen molar-refractivity contribution in [3.8, 4) is 5.75 Å². The van der Waals surface area contributed by atoms with Gasteiger partial charge in [0.15, 0.2) is 0 Å². The Balaban J connectivity index is 2.18. The summed E-state index contributed by atoms with van der Waals surface area (Å²) in [4.78, 5) is 11.3. The number of sulfonamides is 1. The molecule has 0 amide bonds. The fourth-order valence-corrected chi connectivity index (χ4v) is 3.83. The van der Waals surface area contributed by atoms with Gasteiger partial charge in [-0.2, -0.15) is 0 Å².